The Balaban J connectivity index is 2.01. The van der Waals surface area contributed by atoms with Crippen LogP contribution in [0.2, 0.25) is 0 Å². The third-order valence-corrected chi connectivity index (χ3v) is 3.75. The summed E-state index contributed by atoms with van der Waals surface area (Å²) in [6, 6.07) is 5.38. The summed E-state index contributed by atoms with van der Waals surface area (Å²) in [6.45, 7) is 0. The molecule has 0 atom stereocenters. The summed E-state index contributed by atoms with van der Waals surface area (Å²) in [5.74, 6) is 0.376. The van der Waals surface area contributed by atoms with Crippen LogP contribution in [0.1, 0.15) is 36.7 Å². The van der Waals surface area contributed by atoms with E-state index in [0.29, 0.717) is 17.0 Å². The fraction of sp³-hybridized carbons (Fsp3) is 0.267. The van der Waals surface area contributed by atoms with Crippen LogP contribution in [0.5, 0.6) is 0 Å². The first-order valence-electron chi connectivity index (χ1n) is 7.06. The molecule has 1 saturated carbocycles. The quantitative estimate of drug-likeness (QED) is 0.742. The van der Waals surface area contributed by atoms with Gasteiger partial charge in [-0.3, -0.25) is 0 Å². The molecule has 0 amide bonds. The number of hydrogen-bond acceptors (Lipinski definition) is 5. The van der Waals surface area contributed by atoms with Gasteiger partial charge in [0.05, 0.1) is 5.56 Å². The molecule has 114 valence electrons. The molecule has 4 rings (SSSR count). The van der Waals surface area contributed by atoms with E-state index in [-0.39, 0.29) is 23.0 Å². The summed E-state index contributed by atoms with van der Waals surface area (Å²) < 4.78 is 28.3. The second-order valence-electron chi connectivity index (χ2n) is 5.31. The second kappa shape index (κ2) is 5.05. The highest BCUT2D eigenvalue weighted by Crippen LogP contribution is 2.41. The molecule has 1 fully saturated rings. The highest BCUT2D eigenvalue weighted by Gasteiger charge is 2.31. The van der Waals surface area contributed by atoms with E-state index in [1.165, 1.54) is 6.20 Å². The van der Waals surface area contributed by atoms with Crippen LogP contribution in [-0.4, -0.2) is 24.5 Å². The summed E-state index contributed by atoms with van der Waals surface area (Å²) in [5.41, 5.74) is 1.22. The van der Waals surface area contributed by atoms with E-state index in [4.69, 9.17) is 5.26 Å². The van der Waals surface area contributed by atoms with E-state index in [9.17, 15) is 8.78 Å². The van der Waals surface area contributed by atoms with Crippen molar-refractivity contribution in [2.75, 3.05) is 0 Å². The number of imidazole rings is 1. The van der Waals surface area contributed by atoms with Gasteiger partial charge in [-0.2, -0.15) is 5.26 Å². The van der Waals surface area contributed by atoms with Crippen molar-refractivity contribution in [3.8, 4) is 17.5 Å². The lowest BCUT2D eigenvalue weighted by Gasteiger charge is -2.09. The molecular formula is C15H10F2N6. The van der Waals surface area contributed by atoms with Crippen LogP contribution in [0.15, 0.2) is 24.7 Å². The Morgan fingerprint density at radius 2 is 2.09 bits per heavy atom. The molecule has 0 radical (unpaired) electrons. The Morgan fingerprint density at radius 3 is 2.78 bits per heavy atom. The maximum Gasteiger partial charge on any atom is 0.281 e. The van der Waals surface area contributed by atoms with Crippen molar-refractivity contribution in [2.24, 2.45) is 0 Å². The number of alkyl halides is 2. The molecule has 3 aromatic rings. The third-order valence-electron chi connectivity index (χ3n) is 3.75. The lowest BCUT2D eigenvalue weighted by molar-refractivity contribution is 0.146. The number of fused-ring (bicyclic) bond motifs is 1. The maximum atomic E-state index is 13.2. The van der Waals surface area contributed by atoms with Gasteiger partial charge >= 0.3 is 0 Å². The van der Waals surface area contributed by atoms with Crippen molar-refractivity contribution in [3.05, 3.63) is 36.0 Å². The molecule has 0 bridgehead atoms. The number of pyridine rings is 1. The van der Waals surface area contributed by atoms with Gasteiger partial charge in [-0.05, 0) is 25.0 Å². The van der Waals surface area contributed by atoms with Crippen molar-refractivity contribution in [1.82, 2.24) is 24.5 Å². The Labute approximate surface area is 129 Å². The topological polar surface area (TPSA) is 80.3 Å². The van der Waals surface area contributed by atoms with Gasteiger partial charge in [0.1, 0.15) is 35.1 Å². The molecule has 0 aromatic carbocycles. The predicted molar refractivity (Wildman–Crippen MR) is 76.5 cm³/mol. The second-order valence-corrected chi connectivity index (χ2v) is 5.31. The Morgan fingerprint density at radius 1 is 1.26 bits per heavy atom. The minimum absolute atomic E-state index is 0.155. The highest BCUT2D eigenvalue weighted by molar-refractivity contribution is 5.78. The minimum atomic E-state index is -2.72. The first-order valence-corrected chi connectivity index (χ1v) is 7.06. The van der Waals surface area contributed by atoms with Gasteiger partial charge in [0.2, 0.25) is 0 Å². The molecule has 3 aromatic heterocycles. The molecule has 0 aliphatic heterocycles. The van der Waals surface area contributed by atoms with Crippen LogP contribution in [0.25, 0.3) is 22.6 Å². The summed E-state index contributed by atoms with van der Waals surface area (Å²) in [5, 5.41) is 9.02. The number of halogens is 2. The third kappa shape index (κ3) is 2.21. The van der Waals surface area contributed by atoms with Crippen LogP contribution in [-0.2, 0) is 0 Å². The van der Waals surface area contributed by atoms with Gasteiger partial charge in [0, 0.05) is 12.2 Å². The minimum Gasteiger partial charge on any atom is -0.305 e. The number of nitrogens with zero attached hydrogens (tertiary/aromatic N) is 6. The number of hydrogen-bond donors (Lipinski definition) is 0. The molecule has 1 aliphatic rings. The fourth-order valence-corrected chi connectivity index (χ4v) is 2.59. The van der Waals surface area contributed by atoms with Crippen LogP contribution in [0.3, 0.4) is 0 Å². The zero-order chi connectivity index (χ0) is 16.0. The van der Waals surface area contributed by atoms with Gasteiger partial charge in [0.15, 0.2) is 5.65 Å². The van der Waals surface area contributed by atoms with E-state index in [0.717, 1.165) is 19.2 Å². The molecule has 8 heteroatoms. The van der Waals surface area contributed by atoms with Crippen LogP contribution < -0.4 is 0 Å². The lowest BCUT2D eigenvalue weighted by Crippen LogP contribution is -2.03. The molecule has 0 unspecified atom stereocenters. The van der Waals surface area contributed by atoms with Crippen molar-refractivity contribution < 1.29 is 8.78 Å². The van der Waals surface area contributed by atoms with Gasteiger partial charge in [-0.25, -0.2) is 28.7 Å². The summed E-state index contributed by atoms with van der Waals surface area (Å²) in [7, 11) is 0. The van der Waals surface area contributed by atoms with E-state index in [1.807, 2.05) is 10.6 Å². The molecule has 6 nitrogen and oxygen atoms in total. The van der Waals surface area contributed by atoms with Gasteiger partial charge in [0.25, 0.3) is 6.43 Å². The van der Waals surface area contributed by atoms with Crippen LogP contribution >= 0.6 is 0 Å². The van der Waals surface area contributed by atoms with Crippen LogP contribution in [0, 0.1) is 11.3 Å². The van der Waals surface area contributed by atoms with Gasteiger partial charge in [-0.1, -0.05) is 0 Å². The number of nitriles is 1. The first-order chi connectivity index (χ1) is 11.2. The molecule has 3 heterocycles. The molecule has 0 saturated heterocycles. The van der Waals surface area contributed by atoms with E-state index in [1.54, 1.807) is 12.1 Å². The van der Waals surface area contributed by atoms with Crippen LogP contribution in [0.4, 0.5) is 8.78 Å². The average Bonchev–Trinajstić information content (AvgIpc) is 3.34. The van der Waals surface area contributed by atoms with Crippen molar-refractivity contribution in [3.63, 3.8) is 0 Å². The first kappa shape index (κ1) is 13.7. The predicted octanol–water partition coefficient (Wildman–Crippen LogP) is 3.03. The number of rotatable bonds is 3. The van der Waals surface area contributed by atoms with Gasteiger partial charge < -0.3 is 4.57 Å². The summed E-state index contributed by atoms with van der Waals surface area (Å²) >= 11 is 0. The van der Waals surface area contributed by atoms with E-state index < -0.39 is 6.43 Å². The average molecular weight is 312 g/mol. The zero-order valence-electron chi connectivity index (χ0n) is 11.8. The fourth-order valence-electron chi connectivity index (χ4n) is 2.59. The van der Waals surface area contributed by atoms with Crippen molar-refractivity contribution >= 4 is 11.2 Å². The summed E-state index contributed by atoms with van der Waals surface area (Å²) in [6.07, 6.45) is 1.58. The molecular weight excluding hydrogens is 302 g/mol. The standard InChI is InChI=1S/C15H10F2N6/c16-13(17)12-10(6-19-7-20-12)14-22-11-4-1-8(5-18)21-15(11)23(14)9-2-3-9/h1,4,6-7,9,13H,2-3H2. The highest BCUT2D eigenvalue weighted by atomic mass is 19.3. The zero-order valence-corrected chi connectivity index (χ0v) is 11.8. The SMILES string of the molecule is N#Cc1ccc2nc(-c3cncnc3C(F)F)n(C3CC3)c2n1. The maximum absolute atomic E-state index is 13.2. The monoisotopic (exact) mass is 312 g/mol. The number of aromatic nitrogens is 5. The lowest BCUT2D eigenvalue weighted by atomic mass is 10.2. The Kier molecular flexibility index (Phi) is 3.01. The van der Waals surface area contributed by atoms with E-state index >= 15 is 0 Å². The molecule has 0 spiro atoms. The van der Waals surface area contributed by atoms with Gasteiger partial charge in [-0.15, -0.1) is 0 Å². The van der Waals surface area contributed by atoms with E-state index in [2.05, 4.69) is 19.9 Å². The smallest absolute Gasteiger partial charge is 0.281 e. The normalized spacial score (nSPS) is 14.3. The Hall–Kier alpha value is -2.95. The van der Waals surface area contributed by atoms with Crippen molar-refractivity contribution in [1.29, 1.82) is 5.26 Å². The Bertz CT molecular complexity index is 939. The largest absolute Gasteiger partial charge is 0.305 e. The summed E-state index contributed by atoms with van der Waals surface area (Å²) in [4.78, 5) is 16.3. The molecule has 23 heavy (non-hydrogen) atoms. The van der Waals surface area contributed by atoms with Crippen molar-refractivity contribution in [2.45, 2.75) is 25.3 Å². The molecule has 1 aliphatic carbocycles. The molecule has 0 N–H and O–H groups in total.